The van der Waals surface area contributed by atoms with E-state index in [1.807, 2.05) is 21.1 Å². The number of nitrogens with zero attached hydrogens (tertiary/aromatic N) is 1. The number of quaternary nitrogens is 1. The molecule has 2 atom stereocenters. The van der Waals surface area contributed by atoms with Crippen LogP contribution >= 0.6 is 0 Å². The lowest BCUT2D eigenvalue weighted by atomic mass is 10.0. The summed E-state index contributed by atoms with van der Waals surface area (Å²) < 4.78 is 17.4. The minimum Gasteiger partial charge on any atom is -0.477 e. The lowest BCUT2D eigenvalue weighted by molar-refractivity contribution is -0.887. The molecule has 0 aromatic heterocycles. The van der Waals surface area contributed by atoms with Crippen molar-refractivity contribution in [3.05, 3.63) is 36.5 Å². The first-order valence-corrected chi connectivity index (χ1v) is 29.0. The van der Waals surface area contributed by atoms with Gasteiger partial charge in [-0.2, -0.15) is 0 Å². The number of unbranched alkanes of at least 4 members (excludes halogenated alkanes) is 33. The normalized spacial score (nSPS) is 13.0. The first-order chi connectivity index (χ1) is 33.1. The van der Waals surface area contributed by atoms with E-state index in [0.29, 0.717) is 19.3 Å². The van der Waals surface area contributed by atoms with Gasteiger partial charge in [-0.3, -0.25) is 9.59 Å². The summed E-state index contributed by atoms with van der Waals surface area (Å²) >= 11 is 0. The standard InChI is InChI=1S/C60H111NO7/c1-6-8-10-12-14-16-18-20-22-24-26-28-29-31-32-34-36-38-40-42-44-46-48-50-58(62)67-55-56(54-66-53-52-57(60(64)65)61(3,4)5)68-59(63)51-49-47-45-43-41-39-37-35-33-30-27-25-23-21-19-17-15-13-11-9-7-2/h9,11,15,17,31-32,56-57H,6-8,10,12-14,16,18-30,33-55H2,1-5H3/p+1/b11-9+,17-15+,32-31+. The number of carbonyl (C=O) groups is 3. The number of allylic oxidation sites excluding steroid dienone is 6. The summed E-state index contributed by atoms with van der Waals surface area (Å²) in [5.41, 5.74) is 0. The molecule has 0 amide bonds. The number of esters is 2. The Labute approximate surface area is 421 Å². The van der Waals surface area contributed by atoms with Crippen molar-refractivity contribution in [2.45, 2.75) is 289 Å². The zero-order chi connectivity index (χ0) is 49.9. The van der Waals surface area contributed by atoms with Crippen LogP contribution in [-0.4, -0.2) is 80.6 Å². The Kier molecular flexibility index (Phi) is 49.1. The quantitative estimate of drug-likeness (QED) is 0.0281. The van der Waals surface area contributed by atoms with Crippen LogP contribution in [0.15, 0.2) is 36.5 Å². The SMILES string of the molecule is CC/C=C/C/C=C/CCCCCCCCCCCCCCCCC(=O)OC(COCCC(C(=O)O)[N+](C)(C)C)COC(=O)CCCCCCCCC/C=C/CCCCCCCCCCCCCC. The molecule has 68 heavy (non-hydrogen) atoms. The highest BCUT2D eigenvalue weighted by Gasteiger charge is 2.31. The zero-order valence-electron chi connectivity index (χ0n) is 45.6. The van der Waals surface area contributed by atoms with Gasteiger partial charge in [0.05, 0.1) is 34.4 Å². The van der Waals surface area contributed by atoms with Crippen molar-refractivity contribution in [2.75, 3.05) is 41.0 Å². The average Bonchev–Trinajstić information content (AvgIpc) is 3.30. The summed E-state index contributed by atoms with van der Waals surface area (Å²) in [7, 11) is 5.55. The van der Waals surface area contributed by atoms with Crippen LogP contribution in [0.5, 0.6) is 0 Å². The van der Waals surface area contributed by atoms with E-state index in [4.69, 9.17) is 14.2 Å². The minimum absolute atomic E-state index is 0.0501. The fourth-order valence-electron chi connectivity index (χ4n) is 8.83. The van der Waals surface area contributed by atoms with Gasteiger partial charge in [0.15, 0.2) is 12.1 Å². The van der Waals surface area contributed by atoms with Gasteiger partial charge in [-0.25, -0.2) is 4.79 Å². The third-order valence-corrected chi connectivity index (χ3v) is 13.3. The summed E-state index contributed by atoms with van der Waals surface area (Å²) in [6, 6.07) is -0.615. The lowest BCUT2D eigenvalue weighted by Gasteiger charge is -2.31. The summed E-state index contributed by atoms with van der Waals surface area (Å²) in [5.74, 6) is -1.45. The zero-order valence-corrected chi connectivity index (χ0v) is 45.6. The number of carboxylic acid groups (broad SMARTS) is 1. The Morgan fingerprint density at radius 2 is 0.824 bits per heavy atom. The highest BCUT2D eigenvalue weighted by atomic mass is 16.6. The van der Waals surface area contributed by atoms with E-state index in [1.54, 1.807) is 0 Å². The summed E-state index contributed by atoms with van der Waals surface area (Å²) in [5, 5.41) is 9.68. The van der Waals surface area contributed by atoms with E-state index in [2.05, 4.69) is 50.3 Å². The Morgan fingerprint density at radius 3 is 1.22 bits per heavy atom. The molecule has 0 fully saturated rings. The van der Waals surface area contributed by atoms with Crippen LogP contribution in [0.1, 0.15) is 277 Å². The first-order valence-electron chi connectivity index (χ1n) is 29.0. The number of ether oxygens (including phenoxy) is 3. The molecule has 0 aliphatic heterocycles. The van der Waals surface area contributed by atoms with E-state index in [-0.39, 0.29) is 36.2 Å². The second-order valence-corrected chi connectivity index (χ2v) is 20.9. The van der Waals surface area contributed by atoms with Crippen LogP contribution in [-0.2, 0) is 28.6 Å². The van der Waals surface area contributed by atoms with Crippen LogP contribution in [0.2, 0.25) is 0 Å². The third kappa shape index (κ3) is 48.6. The maximum absolute atomic E-state index is 12.8. The number of aliphatic carboxylic acids is 1. The Bertz CT molecular complexity index is 1210. The molecule has 2 unspecified atom stereocenters. The van der Waals surface area contributed by atoms with Crippen molar-refractivity contribution in [1.82, 2.24) is 0 Å². The number of rotatable bonds is 53. The number of likely N-dealkylation sites (N-methyl/N-ethyl adjacent to an activating group) is 1. The monoisotopic (exact) mass is 959 g/mol. The molecule has 398 valence electrons. The van der Waals surface area contributed by atoms with Crippen molar-refractivity contribution in [1.29, 1.82) is 0 Å². The van der Waals surface area contributed by atoms with E-state index in [9.17, 15) is 19.5 Å². The largest absolute Gasteiger partial charge is 0.477 e. The molecule has 1 N–H and O–H groups in total. The van der Waals surface area contributed by atoms with E-state index in [1.165, 1.54) is 193 Å². The van der Waals surface area contributed by atoms with Crippen LogP contribution in [0.4, 0.5) is 0 Å². The van der Waals surface area contributed by atoms with Gasteiger partial charge in [0, 0.05) is 19.3 Å². The van der Waals surface area contributed by atoms with Gasteiger partial charge in [0.25, 0.3) is 0 Å². The average molecular weight is 960 g/mol. The molecule has 0 saturated heterocycles. The predicted octanol–water partition coefficient (Wildman–Crippen LogP) is 17.3. The van der Waals surface area contributed by atoms with Crippen molar-refractivity contribution >= 4 is 17.9 Å². The Balaban J connectivity index is 4.14. The highest BCUT2D eigenvalue weighted by molar-refractivity contribution is 5.72. The minimum atomic E-state index is -0.872. The van der Waals surface area contributed by atoms with Gasteiger partial charge in [0.2, 0.25) is 0 Å². The second kappa shape index (κ2) is 50.9. The fraction of sp³-hybridized carbons (Fsp3) is 0.850. The summed E-state index contributed by atoms with van der Waals surface area (Å²) in [4.78, 5) is 37.3. The molecule has 0 aromatic carbocycles. The van der Waals surface area contributed by atoms with Crippen LogP contribution in [0, 0.1) is 0 Å². The number of carboxylic acids is 1. The van der Waals surface area contributed by atoms with Gasteiger partial charge < -0.3 is 23.8 Å². The molecule has 8 heteroatoms. The number of hydrogen-bond donors (Lipinski definition) is 1. The van der Waals surface area contributed by atoms with Gasteiger partial charge in [0.1, 0.15) is 6.61 Å². The molecule has 0 saturated carbocycles. The van der Waals surface area contributed by atoms with E-state index >= 15 is 0 Å². The molecule has 0 bridgehead atoms. The van der Waals surface area contributed by atoms with Crippen molar-refractivity contribution in [2.24, 2.45) is 0 Å². The maximum Gasteiger partial charge on any atom is 0.362 e. The topological polar surface area (TPSA) is 99.1 Å². The molecule has 0 radical (unpaired) electrons. The smallest absolute Gasteiger partial charge is 0.362 e. The van der Waals surface area contributed by atoms with Crippen molar-refractivity contribution in [3.8, 4) is 0 Å². The molecule has 0 heterocycles. The Morgan fingerprint density at radius 1 is 0.456 bits per heavy atom. The molecule has 0 spiro atoms. The van der Waals surface area contributed by atoms with Crippen LogP contribution in [0.3, 0.4) is 0 Å². The molecule has 0 aromatic rings. The molecular weight excluding hydrogens is 847 g/mol. The molecular formula is C60H112NO7+. The molecule has 0 aliphatic carbocycles. The van der Waals surface area contributed by atoms with Crippen LogP contribution < -0.4 is 0 Å². The second-order valence-electron chi connectivity index (χ2n) is 20.9. The maximum atomic E-state index is 12.8. The third-order valence-electron chi connectivity index (χ3n) is 13.3. The molecule has 8 nitrogen and oxygen atoms in total. The number of carbonyl (C=O) groups excluding carboxylic acids is 2. The predicted molar refractivity (Wildman–Crippen MR) is 289 cm³/mol. The van der Waals surface area contributed by atoms with Gasteiger partial charge in [-0.15, -0.1) is 0 Å². The highest BCUT2D eigenvalue weighted by Crippen LogP contribution is 2.17. The molecule has 0 rings (SSSR count). The van der Waals surface area contributed by atoms with E-state index in [0.717, 1.165) is 51.4 Å². The van der Waals surface area contributed by atoms with Gasteiger partial charge in [-0.05, 0) is 64.2 Å². The van der Waals surface area contributed by atoms with Crippen LogP contribution in [0.25, 0.3) is 0 Å². The summed E-state index contributed by atoms with van der Waals surface area (Å²) in [6.07, 6.45) is 62.1. The van der Waals surface area contributed by atoms with Gasteiger partial charge >= 0.3 is 17.9 Å². The van der Waals surface area contributed by atoms with Crippen molar-refractivity contribution in [3.63, 3.8) is 0 Å². The van der Waals surface area contributed by atoms with Crippen molar-refractivity contribution < 1.29 is 38.2 Å². The van der Waals surface area contributed by atoms with E-state index < -0.39 is 18.1 Å². The lowest BCUT2D eigenvalue weighted by Crippen LogP contribution is -2.50. The van der Waals surface area contributed by atoms with Gasteiger partial charge in [-0.1, -0.05) is 230 Å². The molecule has 0 aliphatic rings. The number of hydrogen-bond acceptors (Lipinski definition) is 6. The fourth-order valence-corrected chi connectivity index (χ4v) is 8.83. The Hall–Kier alpha value is -2.45. The first kappa shape index (κ1) is 65.5. The summed E-state index contributed by atoms with van der Waals surface area (Å²) in [6.45, 7) is 4.68.